The minimum Gasteiger partial charge on any atom is -0.342 e. The predicted octanol–water partition coefficient (Wildman–Crippen LogP) is 6.52. The molecule has 1 atom stereocenters. The van der Waals surface area contributed by atoms with E-state index in [0.29, 0.717) is 23.1 Å². The van der Waals surface area contributed by atoms with Crippen molar-refractivity contribution in [3.05, 3.63) is 82.1 Å². The highest BCUT2D eigenvalue weighted by Gasteiger charge is 2.26. The summed E-state index contributed by atoms with van der Waals surface area (Å²) < 4.78 is 2.88. The van der Waals surface area contributed by atoms with Gasteiger partial charge in [-0.3, -0.25) is 9.59 Å². The molecule has 1 heterocycles. The van der Waals surface area contributed by atoms with E-state index < -0.39 is 0 Å². The Morgan fingerprint density at radius 2 is 1.81 bits per heavy atom. The Morgan fingerprint density at radius 3 is 2.43 bits per heavy atom. The normalized spacial score (nSPS) is 12.0. The van der Waals surface area contributed by atoms with Gasteiger partial charge in [-0.15, -0.1) is 16.8 Å². The van der Waals surface area contributed by atoms with Crippen LogP contribution < -0.4 is 10.6 Å². The Labute approximate surface area is 231 Å². The zero-order valence-electron chi connectivity index (χ0n) is 21.9. The molecule has 2 N–H and O–H groups in total. The fraction of sp³-hybridized carbons (Fsp3) is 0.357. The number of amides is 2. The zero-order chi connectivity index (χ0) is 27.1. The van der Waals surface area contributed by atoms with Gasteiger partial charge in [0.1, 0.15) is 0 Å². The van der Waals surface area contributed by atoms with Gasteiger partial charge in [-0.1, -0.05) is 79.2 Å². The van der Waals surface area contributed by atoms with Gasteiger partial charge in [-0.2, -0.15) is 0 Å². The van der Waals surface area contributed by atoms with Crippen LogP contribution in [0.15, 0.2) is 64.7 Å². The van der Waals surface area contributed by atoms with Crippen LogP contribution in [0.5, 0.6) is 0 Å². The Balaban J connectivity index is 1.76. The number of nitrogens with one attached hydrogen (secondary N) is 2. The molecule has 3 rings (SSSR count). The maximum atomic E-state index is 13.0. The topological polar surface area (TPSA) is 88.9 Å². The van der Waals surface area contributed by atoms with Crippen molar-refractivity contribution < 1.29 is 9.59 Å². The molecule has 1 aromatic heterocycles. The highest BCUT2D eigenvalue weighted by molar-refractivity contribution is 9.10. The van der Waals surface area contributed by atoms with Crippen molar-refractivity contribution in [1.82, 2.24) is 20.1 Å². The Morgan fingerprint density at radius 1 is 1.11 bits per heavy atom. The molecule has 0 aliphatic rings. The second-order valence-corrected chi connectivity index (χ2v) is 11.4. The molecule has 0 aliphatic heterocycles. The van der Waals surface area contributed by atoms with Crippen molar-refractivity contribution in [3.8, 4) is 0 Å². The van der Waals surface area contributed by atoms with Crippen LogP contribution in [-0.2, 0) is 11.3 Å². The van der Waals surface area contributed by atoms with Gasteiger partial charge in [0.25, 0.3) is 5.91 Å². The van der Waals surface area contributed by atoms with Crippen LogP contribution in [0.4, 0.5) is 5.69 Å². The molecule has 0 aliphatic carbocycles. The molecule has 7 nitrogen and oxygen atoms in total. The van der Waals surface area contributed by atoms with Gasteiger partial charge >= 0.3 is 0 Å². The zero-order valence-corrected chi connectivity index (χ0v) is 24.3. The SMILES string of the molecule is C=CCn1c(SCC(=O)Nc2ccc(Br)cc2C(C)C)nnc1[C@@H](NC(=O)c1ccc(C)cc1)C(C)C. The summed E-state index contributed by atoms with van der Waals surface area (Å²) in [5.74, 6) is 0.837. The first-order valence-corrected chi connectivity index (χ1v) is 14.0. The number of halogens is 1. The molecule has 2 aromatic carbocycles. The third-order valence-corrected chi connectivity index (χ3v) is 7.30. The number of thioether (sulfide) groups is 1. The van der Waals surface area contributed by atoms with Gasteiger partial charge in [0.2, 0.25) is 5.91 Å². The van der Waals surface area contributed by atoms with Crippen LogP contribution >= 0.6 is 27.7 Å². The smallest absolute Gasteiger partial charge is 0.251 e. The van der Waals surface area contributed by atoms with Crippen LogP contribution in [0.2, 0.25) is 0 Å². The van der Waals surface area contributed by atoms with Gasteiger partial charge < -0.3 is 15.2 Å². The largest absolute Gasteiger partial charge is 0.342 e. The number of hydrogen-bond donors (Lipinski definition) is 2. The van der Waals surface area contributed by atoms with Crippen molar-refractivity contribution in [2.75, 3.05) is 11.1 Å². The number of rotatable bonds is 11. The Hall–Kier alpha value is -2.91. The van der Waals surface area contributed by atoms with E-state index in [-0.39, 0.29) is 35.4 Å². The summed E-state index contributed by atoms with van der Waals surface area (Å²) in [7, 11) is 0. The summed E-state index contributed by atoms with van der Waals surface area (Å²) >= 11 is 4.81. The first-order valence-electron chi connectivity index (χ1n) is 12.2. The molecule has 0 bridgehead atoms. The summed E-state index contributed by atoms with van der Waals surface area (Å²) in [6, 6.07) is 12.9. The van der Waals surface area contributed by atoms with E-state index in [2.05, 4.69) is 57.2 Å². The number of nitrogens with zero attached hydrogens (tertiary/aromatic N) is 3. The summed E-state index contributed by atoms with van der Waals surface area (Å²) in [5.41, 5.74) is 3.55. The molecule has 0 radical (unpaired) electrons. The van der Waals surface area contributed by atoms with E-state index in [9.17, 15) is 9.59 Å². The van der Waals surface area contributed by atoms with Crippen molar-refractivity contribution in [1.29, 1.82) is 0 Å². The van der Waals surface area contributed by atoms with Crippen LogP contribution in [0, 0.1) is 12.8 Å². The summed E-state index contributed by atoms with van der Waals surface area (Å²) in [6.07, 6.45) is 1.76. The summed E-state index contributed by atoms with van der Waals surface area (Å²) in [6.45, 7) is 14.5. The number of benzene rings is 2. The summed E-state index contributed by atoms with van der Waals surface area (Å²) in [5, 5.41) is 15.5. The second-order valence-electron chi connectivity index (χ2n) is 9.52. The predicted molar refractivity (Wildman–Crippen MR) is 154 cm³/mol. The number of anilines is 1. The molecule has 9 heteroatoms. The molecule has 0 unspecified atom stereocenters. The maximum absolute atomic E-state index is 13.0. The molecule has 0 saturated heterocycles. The fourth-order valence-electron chi connectivity index (χ4n) is 3.84. The van der Waals surface area contributed by atoms with E-state index >= 15 is 0 Å². The number of allylic oxidation sites excluding steroid dienone is 1. The van der Waals surface area contributed by atoms with E-state index in [1.165, 1.54) is 11.8 Å². The van der Waals surface area contributed by atoms with Gasteiger partial charge in [-0.25, -0.2) is 0 Å². The van der Waals surface area contributed by atoms with E-state index in [1.54, 1.807) is 6.08 Å². The van der Waals surface area contributed by atoms with Crippen molar-refractivity contribution >= 4 is 45.2 Å². The van der Waals surface area contributed by atoms with Crippen molar-refractivity contribution in [2.24, 2.45) is 5.92 Å². The number of hydrogen-bond acceptors (Lipinski definition) is 5. The van der Waals surface area contributed by atoms with Crippen LogP contribution in [-0.4, -0.2) is 32.3 Å². The second kappa shape index (κ2) is 13.1. The van der Waals surface area contributed by atoms with E-state index in [1.807, 2.05) is 67.8 Å². The first kappa shape index (κ1) is 28.7. The molecular weight excluding hydrogens is 550 g/mol. The number of aryl methyl sites for hydroxylation is 1. The van der Waals surface area contributed by atoms with Gasteiger partial charge in [0.15, 0.2) is 11.0 Å². The fourth-order valence-corrected chi connectivity index (χ4v) is 4.97. The number of aromatic nitrogens is 3. The molecule has 196 valence electrons. The van der Waals surface area contributed by atoms with Gasteiger partial charge in [0, 0.05) is 22.3 Å². The lowest BCUT2D eigenvalue weighted by atomic mass is 10.0. The lowest BCUT2D eigenvalue weighted by Crippen LogP contribution is -2.33. The van der Waals surface area contributed by atoms with Gasteiger partial charge in [0.05, 0.1) is 11.8 Å². The van der Waals surface area contributed by atoms with Crippen LogP contribution in [0.25, 0.3) is 0 Å². The van der Waals surface area contributed by atoms with Gasteiger partial charge in [-0.05, 0) is 54.7 Å². The Kier molecular flexibility index (Phi) is 10.1. The third-order valence-electron chi connectivity index (χ3n) is 5.84. The van der Waals surface area contributed by atoms with Crippen molar-refractivity contribution in [2.45, 2.75) is 58.3 Å². The number of carbonyl (C=O) groups excluding carboxylic acids is 2. The highest BCUT2D eigenvalue weighted by Crippen LogP contribution is 2.29. The lowest BCUT2D eigenvalue weighted by Gasteiger charge is -2.22. The van der Waals surface area contributed by atoms with E-state index in [0.717, 1.165) is 21.3 Å². The third kappa shape index (κ3) is 7.55. The molecule has 0 fully saturated rings. The molecular formula is C28H34BrN5O2S. The van der Waals surface area contributed by atoms with E-state index in [4.69, 9.17) is 0 Å². The molecule has 0 spiro atoms. The highest BCUT2D eigenvalue weighted by atomic mass is 79.9. The quantitative estimate of drug-likeness (QED) is 0.198. The number of carbonyl (C=O) groups is 2. The average Bonchev–Trinajstić information content (AvgIpc) is 3.24. The van der Waals surface area contributed by atoms with Crippen LogP contribution in [0.1, 0.15) is 67.0 Å². The molecule has 3 aromatic rings. The maximum Gasteiger partial charge on any atom is 0.251 e. The summed E-state index contributed by atoms with van der Waals surface area (Å²) in [4.78, 5) is 25.8. The Bertz CT molecular complexity index is 1250. The monoisotopic (exact) mass is 583 g/mol. The van der Waals surface area contributed by atoms with Crippen LogP contribution in [0.3, 0.4) is 0 Å². The minimum absolute atomic E-state index is 0.0650. The van der Waals surface area contributed by atoms with Crippen molar-refractivity contribution in [3.63, 3.8) is 0 Å². The minimum atomic E-state index is -0.360. The first-order chi connectivity index (χ1) is 17.6. The standard InChI is InChI=1S/C28H34BrN5O2S/c1-7-14-34-26(25(18(4)5)31-27(36)20-10-8-19(6)9-11-20)32-33-28(34)37-16-24(35)30-23-13-12-21(29)15-22(23)17(2)3/h7-13,15,17-18,25H,1,14,16H2,2-6H3,(H,30,35)(H,31,36)/t25-/m0/s1. The molecule has 0 saturated carbocycles. The average molecular weight is 585 g/mol. The lowest BCUT2D eigenvalue weighted by molar-refractivity contribution is -0.113. The molecule has 37 heavy (non-hydrogen) atoms. The molecule has 2 amide bonds.